The molecule has 0 bridgehead atoms. The average molecular weight is 274 g/mol. The molecule has 3 rings (SSSR count). The first-order chi connectivity index (χ1) is 9.28. The molecule has 2 N–H and O–H groups in total. The summed E-state index contributed by atoms with van der Waals surface area (Å²) in [6, 6.07) is 2.05. The Morgan fingerprint density at radius 1 is 1.25 bits per heavy atom. The van der Waals surface area contributed by atoms with Crippen LogP contribution in [0.2, 0.25) is 0 Å². The van der Waals surface area contributed by atoms with Crippen LogP contribution in [0.1, 0.15) is 46.1 Å². The molecule has 1 aromatic heterocycles. The molecule has 2 aliphatic rings. The summed E-state index contributed by atoms with van der Waals surface area (Å²) in [6.07, 6.45) is 5.40. The summed E-state index contributed by atoms with van der Waals surface area (Å²) in [4.78, 5) is 4.40. The third-order valence-electron chi connectivity index (χ3n) is 4.75. The van der Waals surface area contributed by atoms with Crippen molar-refractivity contribution in [2.75, 3.05) is 5.73 Å². The van der Waals surface area contributed by atoms with E-state index in [0.717, 1.165) is 23.6 Å². The van der Waals surface area contributed by atoms with Crippen LogP contribution >= 0.6 is 0 Å². The topological polar surface area (TPSA) is 57.4 Å². The van der Waals surface area contributed by atoms with Crippen LogP contribution in [0.4, 0.5) is 5.69 Å². The zero-order valence-corrected chi connectivity index (χ0v) is 12.8. The maximum atomic E-state index is 6.04. The van der Waals surface area contributed by atoms with Crippen LogP contribution in [-0.4, -0.2) is 23.3 Å². The number of hydrogen-bond donors (Lipinski definition) is 1. The maximum Gasteiger partial charge on any atom is 0.514 e. The number of hydrogen-bond acceptors (Lipinski definition) is 4. The van der Waals surface area contributed by atoms with Crippen molar-refractivity contribution < 1.29 is 9.31 Å². The van der Waals surface area contributed by atoms with Crippen molar-refractivity contribution in [3.63, 3.8) is 0 Å². The SMILES string of the molecule is CC1(C)OB(c2cc(CC3CC3)c(N)cn2)OC1(C)C. The average Bonchev–Trinajstić information content (AvgIpc) is 3.10. The fraction of sp³-hybridized carbons (Fsp3) is 0.667. The van der Waals surface area contributed by atoms with Crippen LogP contribution in [-0.2, 0) is 15.7 Å². The lowest BCUT2D eigenvalue weighted by atomic mass is 9.83. The molecule has 1 aliphatic carbocycles. The van der Waals surface area contributed by atoms with Gasteiger partial charge in [0.15, 0.2) is 0 Å². The van der Waals surface area contributed by atoms with Gasteiger partial charge in [-0.15, -0.1) is 0 Å². The lowest BCUT2D eigenvalue weighted by Crippen LogP contribution is -2.41. The van der Waals surface area contributed by atoms with Gasteiger partial charge in [-0.3, -0.25) is 4.98 Å². The van der Waals surface area contributed by atoms with Crippen molar-refractivity contribution in [1.82, 2.24) is 4.98 Å². The zero-order valence-electron chi connectivity index (χ0n) is 12.8. The number of anilines is 1. The summed E-state index contributed by atoms with van der Waals surface area (Å²) in [6.45, 7) is 8.20. The third-order valence-corrected chi connectivity index (χ3v) is 4.75. The standard InChI is InChI=1S/C15H23BN2O2/c1-14(2)15(3,4)20-16(19-14)13-8-11(7-10-5-6-10)12(17)9-18-13/h8-10H,5-7,17H2,1-4H3. The van der Waals surface area contributed by atoms with Gasteiger partial charge in [-0.05, 0) is 64.5 Å². The van der Waals surface area contributed by atoms with E-state index < -0.39 is 7.12 Å². The minimum absolute atomic E-state index is 0.336. The van der Waals surface area contributed by atoms with Crippen molar-refractivity contribution in [2.24, 2.45) is 5.92 Å². The largest absolute Gasteiger partial charge is 0.514 e. The lowest BCUT2D eigenvalue weighted by molar-refractivity contribution is 0.00578. The van der Waals surface area contributed by atoms with E-state index in [1.165, 1.54) is 18.4 Å². The van der Waals surface area contributed by atoms with E-state index >= 15 is 0 Å². The minimum atomic E-state index is -0.404. The molecule has 1 saturated carbocycles. The molecule has 1 aromatic rings. The zero-order chi connectivity index (χ0) is 14.5. The molecule has 0 spiro atoms. The summed E-state index contributed by atoms with van der Waals surface area (Å²) in [5, 5.41) is 0. The van der Waals surface area contributed by atoms with Crippen LogP contribution in [0.3, 0.4) is 0 Å². The Bertz CT molecular complexity index is 511. The van der Waals surface area contributed by atoms with Gasteiger partial charge in [-0.2, -0.15) is 0 Å². The summed E-state index contributed by atoms with van der Waals surface area (Å²) < 4.78 is 12.1. The Morgan fingerprint density at radius 2 is 1.85 bits per heavy atom. The van der Waals surface area contributed by atoms with E-state index in [2.05, 4.69) is 38.7 Å². The van der Waals surface area contributed by atoms with Crippen molar-refractivity contribution in [1.29, 1.82) is 0 Å². The second-order valence-corrected chi connectivity index (χ2v) is 7.04. The third kappa shape index (κ3) is 2.45. The van der Waals surface area contributed by atoms with Crippen LogP contribution in [0.5, 0.6) is 0 Å². The van der Waals surface area contributed by atoms with Gasteiger partial charge in [-0.25, -0.2) is 0 Å². The van der Waals surface area contributed by atoms with E-state index in [1.54, 1.807) is 6.20 Å². The first kappa shape index (κ1) is 13.9. The number of nitrogens with zero attached hydrogens (tertiary/aromatic N) is 1. The quantitative estimate of drug-likeness (QED) is 0.855. The Morgan fingerprint density at radius 3 is 2.40 bits per heavy atom. The van der Waals surface area contributed by atoms with Gasteiger partial charge in [0, 0.05) is 6.20 Å². The highest BCUT2D eigenvalue weighted by molar-refractivity contribution is 6.61. The van der Waals surface area contributed by atoms with E-state index in [1.807, 2.05) is 0 Å². The van der Waals surface area contributed by atoms with E-state index in [4.69, 9.17) is 15.0 Å². The molecule has 108 valence electrons. The number of aromatic nitrogens is 1. The summed E-state index contributed by atoms with van der Waals surface area (Å²) >= 11 is 0. The fourth-order valence-electron chi connectivity index (χ4n) is 2.43. The highest BCUT2D eigenvalue weighted by Gasteiger charge is 2.52. The molecule has 1 saturated heterocycles. The molecule has 0 amide bonds. The fourth-order valence-corrected chi connectivity index (χ4v) is 2.43. The van der Waals surface area contributed by atoms with Gasteiger partial charge in [0.1, 0.15) is 0 Å². The predicted octanol–water partition coefficient (Wildman–Crippen LogP) is 1.92. The van der Waals surface area contributed by atoms with Gasteiger partial charge in [0.2, 0.25) is 0 Å². The van der Waals surface area contributed by atoms with Crippen molar-refractivity contribution in [3.05, 3.63) is 17.8 Å². The molecular formula is C15H23BN2O2. The molecule has 5 heteroatoms. The van der Waals surface area contributed by atoms with Gasteiger partial charge < -0.3 is 15.0 Å². The normalized spacial score (nSPS) is 24.1. The monoisotopic (exact) mass is 274 g/mol. The van der Waals surface area contributed by atoms with Crippen molar-refractivity contribution >= 4 is 18.4 Å². The highest BCUT2D eigenvalue weighted by atomic mass is 16.7. The van der Waals surface area contributed by atoms with Gasteiger partial charge in [0.05, 0.1) is 22.5 Å². The molecule has 20 heavy (non-hydrogen) atoms. The summed E-state index contributed by atoms with van der Waals surface area (Å²) in [7, 11) is -0.404. The van der Waals surface area contributed by atoms with E-state index in [-0.39, 0.29) is 11.2 Å². The second kappa shape index (κ2) is 4.47. The first-order valence-corrected chi connectivity index (χ1v) is 7.38. The Hall–Kier alpha value is -1.07. The number of nitrogen functional groups attached to an aromatic ring is 1. The Balaban J connectivity index is 1.84. The van der Waals surface area contributed by atoms with Crippen LogP contribution in [0.25, 0.3) is 0 Å². The van der Waals surface area contributed by atoms with E-state index in [0.29, 0.717) is 0 Å². The predicted molar refractivity (Wildman–Crippen MR) is 80.8 cm³/mol. The summed E-state index contributed by atoms with van der Waals surface area (Å²) in [5.41, 5.74) is 8.13. The molecule has 1 aliphatic heterocycles. The number of nitrogens with two attached hydrogens (primary N) is 1. The summed E-state index contributed by atoms with van der Waals surface area (Å²) in [5.74, 6) is 0.797. The molecule has 0 atom stereocenters. The van der Waals surface area contributed by atoms with Crippen molar-refractivity contribution in [2.45, 2.75) is 58.2 Å². The van der Waals surface area contributed by atoms with Crippen LogP contribution in [0, 0.1) is 5.92 Å². The molecule has 2 fully saturated rings. The molecule has 0 radical (unpaired) electrons. The van der Waals surface area contributed by atoms with Gasteiger partial charge in [0.25, 0.3) is 0 Å². The first-order valence-electron chi connectivity index (χ1n) is 7.38. The highest BCUT2D eigenvalue weighted by Crippen LogP contribution is 2.37. The van der Waals surface area contributed by atoms with Crippen molar-refractivity contribution in [3.8, 4) is 0 Å². The maximum absolute atomic E-state index is 6.04. The minimum Gasteiger partial charge on any atom is -0.398 e. The van der Waals surface area contributed by atoms with Gasteiger partial charge >= 0.3 is 7.12 Å². The number of rotatable bonds is 3. The molecule has 0 aromatic carbocycles. The van der Waals surface area contributed by atoms with Crippen LogP contribution in [0.15, 0.2) is 12.3 Å². The molecule has 0 unspecified atom stereocenters. The molecule has 2 heterocycles. The molecule has 4 nitrogen and oxygen atoms in total. The molecular weight excluding hydrogens is 251 g/mol. The Kier molecular flexibility index (Phi) is 3.10. The Labute approximate surface area is 121 Å². The van der Waals surface area contributed by atoms with E-state index in [9.17, 15) is 0 Å². The second-order valence-electron chi connectivity index (χ2n) is 7.04. The lowest BCUT2D eigenvalue weighted by Gasteiger charge is -2.32. The smallest absolute Gasteiger partial charge is 0.398 e. The van der Waals surface area contributed by atoms with Crippen LogP contribution < -0.4 is 11.3 Å². The number of pyridine rings is 1. The van der Waals surface area contributed by atoms with Gasteiger partial charge in [-0.1, -0.05) is 0 Å².